The molecule has 0 heterocycles. The Hall–Kier alpha value is -1.30. The number of hydrogen-bond donors (Lipinski definition) is 3. The number of nitrogens with one attached hydrogen (secondary N) is 1. The summed E-state index contributed by atoms with van der Waals surface area (Å²) in [4.78, 5) is 24.1. The average Bonchev–Trinajstić information content (AvgIpc) is 2.31. The highest BCUT2D eigenvalue weighted by atomic mass is 16.4. The number of carbonyl (C=O) groups is 2. The SMILES string of the molecule is CC(C)CC(CNC(=O)N(C)CCC(C)O)CC(=O)O. The van der Waals surface area contributed by atoms with E-state index < -0.39 is 12.1 Å². The number of aliphatic carboxylic acids is 1. The van der Waals surface area contributed by atoms with Gasteiger partial charge in [-0.3, -0.25) is 4.79 Å². The Morgan fingerprint density at radius 1 is 1.25 bits per heavy atom. The van der Waals surface area contributed by atoms with E-state index in [4.69, 9.17) is 5.11 Å². The summed E-state index contributed by atoms with van der Waals surface area (Å²) in [7, 11) is 1.66. The number of aliphatic hydroxyl groups excluding tert-OH is 1. The molecule has 0 aliphatic rings. The molecule has 2 amide bonds. The zero-order valence-corrected chi connectivity index (χ0v) is 12.9. The monoisotopic (exact) mass is 288 g/mol. The van der Waals surface area contributed by atoms with E-state index in [1.165, 1.54) is 4.90 Å². The van der Waals surface area contributed by atoms with Gasteiger partial charge in [0.15, 0.2) is 0 Å². The summed E-state index contributed by atoms with van der Waals surface area (Å²) >= 11 is 0. The molecule has 3 N–H and O–H groups in total. The summed E-state index contributed by atoms with van der Waals surface area (Å²) in [6.07, 6.45) is 0.917. The summed E-state index contributed by atoms with van der Waals surface area (Å²) in [6, 6.07) is -0.232. The molecule has 118 valence electrons. The lowest BCUT2D eigenvalue weighted by Crippen LogP contribution is -2.41. The van der Waals surface area contributed by atoms with E-state index in [-0.39, 0.29) is 18.4 Å². The topological polar surface area (TPSA) is 89.9 Å². The van der Waals surface area contributed by atoms with Crippen LogP contribution >= 0.6 is 0 Å². The van der Waals surface area contributed by atoms with Crippen LogP contribution in [0.4, 0.5) is 4.79 Å². The van der Waals surface area contributed by atoms with Crippen LogP contribution in [0.5, 0.6) is 0 Å². The minimum absolute atomic E-state index is 0.0541. The third kappa shape index (κ3) is 9.61. The first-order valence-corrected chi connectivity index (χ1v) is 7.11. The molecule has 0 radical (unpaired) electrons. The highest BCUT2D eigenvalue weighted by Crippen LogP contribution is 2.14. The van der Waals surface area contributed by atoms with E-state index in [0.717, 1.165) is 6.42 Å². The molecule has 0 fully saturated rings. The lowest BCUT2D eigenvalue weighted by Gasteiger charge is -2.22. The van der Waals surface area contributed by atoms with Crippen molar-refractivity contribution >= 4 is 12.0 Å². The normalized spacial score (nSPS) is 13.9. The van der Waals surface area contributed by atoms with Crippen LogP contribution in [0.1, 0.15) is 40.0 Å². The number of carboxylic acids is 1. The van der Waals surface area contributed by atoms with E-state index in [2.05, 4.69) is 5.32 Å². The van der Waals surface area contributed by atoms with Crippen LogP contribution in [-0.2, 0) is 4.79 Å². The van der Waals surface area contributed by atoms with Crippen molar-refractivity contribution in [3.8, 4) is 0 Å². The van der Waals surface area contributed by atoms with Crippen molar-refractivity contribution in [1.29, 1.82) is 0 Å². The maximum absolute atomic E-state index is 11.8. The summed E-state index contributed by atoms with van der Waals surface area (Å²) < 4.78 is 0. The van der Waals surface area contributed by atoms with E-state index in [0.29, 0.717) is 25.4 Å². The van der Waals surface area contributed by atoms with E-state index in [1.54, 1.807) is 14.0 Å². The van der Waals surface area contributed by atoms with Crippen LogP contribution in [0.3, 0.4) is 0 Å². The molecule has 0 bridgehead atoms. The Balaban J connectivity index is 4.17. The number of aliphatic hydroxyl groups is 1. The van der Waals surface area contributed by atoms with Crippen LogP contribution in [0.25, 0.3) is 0 Å². The molecule has 0 aliphatic heterocycles. The third-order valence-electron chi connectivity index (χ3n) is 3.04. The van der Waals surface area contributed by atoms with E-state index in [1.807, 2.05) is 13.8 Å². The Morgan fingerprint density at radius 3 is 2.30 bits per heavy atom. The quantitative estimate of drug-likeness (QED) is 0.600. The third-order valence-corrected chi connectivity index (χ3v) is 3.04. The molecular formula is C14H28N2O4. The lowest BCUT2D eigenvalue weighted by atomic mass is 9.94. The number of urea groups is 1. The van der Waals surface area contributed by atoms with Crippen LogP contribution in [0, 0.1) is 11.8 Å². The Labute approximate surface area is 121 Å². The molecule has 2 unspecified atom stereocenters. The first kappa shape index (κ1) is 18.7. The minimum atomic E-state index is -0.840. The van der Waals surface area contributed by atoms with Gasteiger partial charge in [0, 0.05) is 26.6 Å². The first-order chi connectivity index (χ1) is 9.22. The van der Waals surface area contributed by atoms with Crippen LogP contribution < -0.4 is 5.32 Å². The molecule has 20 heavy (non-hydrogen) atoms. The fourth-order valence-electron chi connectivity index (χ4n) is 2.00. The summed E-state index contributed by atoms with van der Waals surface area (Å²) in [5.74, 6) is -0.502. The molecule has 6 heteroatoms. The van der Waals surface area contributed by atoms with Crippen molar-refractivity contribution in [1.82, 2.24) is 10.2 Å². The van der Waals surface area contributed by atoms with Crippen molar-refractivity contribution in [2.75, 3.05) is 20.1 Å². The van der Waals surface area contributed by atoms with Gasteiger partial charge < -0.3 is 20.4 Å². The number of rotatable bonds is 9. The van der Waals surface area contributed by atoms with Gasteiger partial charge in [0.1, 0.15) is 0 Å². The summed E-state index contributed by atoms with van der Waals surface area (Å²) in [5.41, 5.74) is 0. The van der Waals surface area contributed by atoms with Crippen LogP contribution in [0.15, 0.2) is 0 Å². The molecule has 0 aliphatic carbocycles. The highest BCUT2D eigenvalue weighted by Gasteiger charge is 2.17. The second kappa shape index (κ2) is 9.58. The smallest absolute Gasteiger partial charge is 0.317 e. The molecule has 0 aromatic rings. The predicted molar refractivity (Wildman–Crippen MR) is 77.5 cm³/mol. The second-order valence-corrected chi connectivity index (χ2v) is 5.84. The molecule has 0 aromatic carbocycles. The van der Waals surface area contributed by atoms with E-state index in [9.17, 15) is 14.7 Å². The molecule has 2 atom stereocenters. The van der Waals surface area contributed by atoms with Crippen molar-refractivity contribution < 1.29 is 19.8 Å². The van der Waals surface area contributed by atoms with Gasteiger partial charge in [-0.25, -0.2) is 4.79 Å². The highest BCUT2D eigenvalue weighted by molar-refractivity contribution is 5.74. The maximum atomic E-state index is 11.8. The van der Waals surface area contributed by atoms with Gasteiger partial charge in [-0.2, -0.15) is 0 Å². The predicted octanol–water partition coefficient (Wildman–Crippen LogP) is 1.54. The molecule has 0 rings (SSSR count). The Bertz CT molecular complexity index is 306. The maximum Gasteiger partial charge on any atom is 0.317 e. The van der Waals surface area contributed by atoms with Crippen molar-refractivity contribution in [2.45, 2.75) is 46.1 Å². The molecule has 0 aromatic heterocycles. The summed E-state index contributed by atoms with van der Waals surface area (Å²) in [5, 5.41) is 20.8. The van der Waals surface area contributed by atoms with Gasteiger partial charge in [0.05, 0.1) is 6.10 Å². The number of carbonyl (C=O) groups excluding carboxylic acids is 1. The standard InChI is InChI=1S/C14H28N2O4/c1-10(2)7-12(8-13(18)19)9-15-14(20)16(4)6-5-11(3)17/h10-12,17H,5-9H2,1-4H3,(H,15,20)(H,18,19). The average molecular weight is 288 g/mol. The molecular weight excluding hydrogens is 260 g/mol. The number of nitrogens with zero attached hydrogens (tertiary/aromatic N) is 1. The molecule has 0 saturated carbocycles. The number of hydrogen-bond acceptors (Lipinski definition) is 3. The van der Waals surface area contributed by atoms with Crippen LogP contribution in [0.2, 0.25) is 0 Å². The van der Waals surface area contributed by atoms with Gasteiger partial charge >= 0.3 is 12.0 Å². The largest absolute Gasteiger partial charge is 0.481 e. The second-order valence-electron chi connectivity index (χ2n) is 5.84. The van der Waals surface area contributed by atoms with Gasteiger partial charge in [-0.05, 0) is 31.6 Å². The number of amides is 2. The van der Waals surface area contributed by atoms with Gasteiger partial charge in [-0.1, -0.05) is 13.8 Å². The lowest BCUT2D eigenvalue weighted by molar-refractivity contribution is -0.138. The molecule has 6 nitrogen and oxygen atoms in total. The Kier molecular flexibility index (Phi) is 8.96. The van der Waals surface area contributed by atoms with Gasteiger partial charge in [-0.15, -0.1) is 0 Å². The van der Waals surface area contributed by atoms with Crippen molar-refractivity contribution in [3.63, 3.8) is 0 Å². The summed E-state index contributed by atoms with van der Waals surface area (Å²) in [6.45, 7) is 6.58. The van der Waals surface area contributed by atoms with Gasteiger partial charge in [0.2, 0.25) is 0 Å². The molecule has 0 saturated heterocycles. The fraction of sp³-hybridized carbons (Fsp3) is 0.857. The number of carboxylic acid groups (broad SMARTS) is 1. The van der Waals surface area contributed by atoms with Crippen LogP contribution in [-0.4, -0.2) is 53.4 Å². The molecule has 0 spiro atoms. The minimum Gasteiger partial charge on any atom is -0.481 e. The zero-order valence-electron chi connectivity index (χ0n) is 12.9. The Morgan fingerprint density at radius 2 is 1.85 bits per heavy atom. The first-order valence-electron chi connectivity index (χ1n) is 7.11. The van der Waals surface area contributed by atoms with Crippen molar-refractivity contribution in [2.24, 2.45) is 11.8 Å². The van der Waals surface area contributed by atoms with E-state index >= 15 is 0 Å². The zero-order chi connectivity index (χ0) is 15.7. The fourth-order valence-corrected chi connectivity index (χ4v) is 2.00. The van der Waals surface area contributed by atoms with Crippen molar-refractivity contribution in [3.05, 3.63) is 0 Å². The van der Waals surface area contributed by atoms with Gasteiger partial charge in [0.25, 0.3) is 0 Å².